The van der Waals surface area contributed by atoms with Gasteiger partial charge in [-0.1, -0.05) is 133 Å². The lowest BCUT2D eigenvalue weighted by Crippen LogP contribution is -2.30. The first-order chi connectivity index (χ1) is 13.7. The maximum Gasteiger partial charge on any atom is 0.0152 e. The van der Waals surface area contributed by atoms with Crippen LogP contribution in [0, 0.1) is 0 Å². The highest BCUT2D eigenvalue weighted by Crippen LogP contribution is 2.44. The van der Waals surface area contributed by atoms with Gasteiger partial charge in [0, 0.05) is 5.41 Å². The van der Waals surface area contributed by atoms with E-state index in [1.54, 1.807) is 0 Å². The van der Waals surface area contributed by atoms with E-state index in [4.69, 9.17) is 0 Å². The molecular formula is C31H48. The molecule has 0 aromatic heterocycles. The van der Waals surface area contributed by atoms with Crippen LogP contribution in [0.2, 0.25) is 0 Å². The Bertz CT molecular complexity index is 848. The molecule has 0 saturated carbocycles. The van der Waals surface area contributed by atoms with Crippen LogP contribution in [0.4, 0.5) is 0 Å². The van der Waals surface area contributed by atoms with Gasteiger partial charge in [-0.15, -0.1) is 0 Å². The maximum atomic E-state index is 2.47. The molecule has 172 valence electrons. The lowest BCUT2D eigenvalue weighted by molar-refractivity contribution is 0.518. The summed E-state index contributed by atoms with van der Waals surface area (Å²) in [4.78, 5) is 0. The monoisotopic (exact) mass is 420 g/mol. The van der Waals surface area contributed by atoms with Gasteiger partial charge in [0.05, 0.1) is 0 Å². The van der Waals surface area contributed by atoms with Crippen LogP contribution in [0.3, 0.4) is 0 Å². The van der Waals surface area contributed by atoms with Gasteiger partial charge in [-0.2, -0.15) is 0 Å². The molecule has 0 radical (unpaired) electrons. The van der Waals surface area contributed by atoms with Crippen molar-refractivity contribution in [2.75, 3.05) is 0 Å². The molecular weight excluding hydrogens is 372 g/mol. The van der Waals surface area contributed by atoms with Crippen LogP contribution in [0.5, 0.6) is 0 Å². The largest absolute Gasteiger partial charge is 0.0582 e. The average molecular weight is 421 g/mol. The molecule has 0 heteroatoms. The molecule has 0 amide bonds. The van der Waals surface area contributed by atoms with E-state index in [-0.39, 0.29) is 27.1 Å². The molecule has 2 rings (SSSR count). The fraction of sp³-hybridized carbons (Fsp3) is 0.613. The van der Waals surface area contributed by atoms with Gasteiger partial charge in [0.2, 0.25) is 0 Å². The van der Waals surface area contributed by atoms with Crippen molar-refractivity contribution in [2.45, 2.75) is 124 Å². The minimum atomic E-state index is -0.0853. The predicted molar refractivity (Wildman–Crippen MR) is 140 cm³/mol. The molecule has 0 unspecified atom stereocenters. The van der Waals surface area contributed by atoms with Gasteiger partial charge in [-0.25, -0.2) is 0 Å². The average Bonchev–Trinajstić information content (AvgIpc) is 2.57. The normalized spacial score (nSPS) is 14.1. The van der Waals surface area contributed by atoms with Crippen molar-refractivity contribution in [2.24, 2.45) is 0 Å². The van der Waals surface area contributed by atoms with Gasteiger partial charge < -0.3 is 0 Å². The number of rotatable bonds is 2. The summed E-state index contributed by atoms with van der Waals surface area (Å²) in [6, 6.07) is 14.5. The zero-order valence-corrected chi connectivity index (χ0v) is 23.0. The Morgan fingerprint density at radius 1 is 0.355 bits per heavy atom. The van der Waals surface area contributed by atoms with Gasteiger partial charge in [0.1, 0.15) is 0 Å². The smallest absolute Gasteiger partial charge is 0.0152 e. The molecule has 0 heterocycles. The highest BCUT2D eigenvalue weighted by Gasteiger charge is 2.35. The molecule has 0 nitrogen and oxygen atoms in total. The molecule has 2 aromatic carbocycles. The third-order valence-electron chi connectivity index (χ3n) is 6.73. The summed E-state index contributed by atoms with van der Waals surface area (Å²) in [5, 5.41) is 0. The number of hydrogen-bond acceptors (Lipinski definition) is 0. The van der Waals surface area contributed by atoms with Crippen molar-refractivity contribution >= 4 is 0 Å². The minimum Gasteiger partial charge on any atom is -0.0582 e. The van der Waals surface area contributed by atoms with E-state index < -0.39 is 0 Å². The van der Waals surface area contributed by atoms with Crippen molar-refractivity contribution in [3.8, 4) is 0 Å². The summed E-state index contributed by atoms with van der Waals surface area (Å²) in [6.45, 7) is 32.8. The van der Waals surface area contributed by atoms with Gasteiger partial charge in [0.25, 0.3) is 0 Å². The van der Waals surface area contributed by atoms with Crippen LogP contribution in [-0.4, -0.2) is 0 Å². The second kappa shape index (κ2) is 7.79. The molecule has 0 aliphatic carbocycles. The minimum absolute atomic E-state index is 0.0844. The van der Waals surface area contributed by atoms with E-state index in [9.17, 15) is 0 Å². The maximum absolute atomic E-state index is 2.47. The highest BCUT2D eigenvalue weighted by molar-refractivity contribution is 5.52. The molecule has 0 atom stereocenters. The summed E-state index contributed by atoms with van der Waals surface area (Å²) in [6.07, 6.45) is 0. The first-order valence-electron chi connectivity index (χ1n) is 12.0. The zero-order valence-electron chi connectivity index (χ0n) is 23.0. The van der Waals surface area contributed by atoms with E-state index in [0.29, 0.717) is 0 Å². The molecule has 2 aromatic rings. The van der Waals surface area contributed by atoms with Crippen LogP contribution in [0.25, 0.3) is 0 Å². The molecule has 0 aliphatic rings. The summed E-state index contributed by atoms with van der Waals surface area (Å²) in [5.41, 5.74) is 9.02. The van der Waals surface area contributed by atoms with E-state index in [2.05, 4.69) is 133 Å². The van der Waals surface area contributed by atoms with Crippen LogP contribution < -0.4 is 0 Å². The lowest BCUT2D eigenvalue weighted by Gasteiger charge is -2.38. The Morgan fingerprint density at radius 2 is 0.645 bits per heavy atom. The Morgan fingerprint density at radius 3 is 0.871 bits per heavy atom. The highest BCUT2D eigenvalue weighted by atomic mass is 14.4. The van der Waals surface area contributed by atoms with E-state index in [1.165, 1.54) is 33.4 Å². The standard InChI is InChI=1S/C31H48/c1-27(2,3)21-15-17-23(25(19-21)29(7,8)9)31(13,14)24-18-16-22(28(4,5)6)20-26(24)30(10,11)12/h15-20H,1-14H3. The summed E-state index contributed by atoms with van der Waals surface area (Å²) in [5.74, 6) is 0. The molecule has 0 bridgehead atoms. The molecule has 31 heavy (non-hydrogen) atoms. The second-order valence-corrected chi connectivity index (χ2v) is 14.1. The first kappa shape index (κ1) is 25.7. The lowest BCUT2D eigenvalue weighted by atomic mass is 9.66. The third kappa shape index (κ3) is 5.44. The number of benzene rings is 2. The van der Waals surface area contributed by atoms with Crippen LogP contribution in [0.15, 0.2) is 36.4 Å². The molecule has 0 aliphatic heterocycles. The SMILES string of the molecule is CC(C)(C)c1ccc(C(C)(C)c2ccc(C(C)(C)C)cc2C(C)(C)C)c(C(C)(C)C)c1. The molecule has 0 spiro atoms. The van der Waals surface area contributed by atoms with E-state index in [0.717, 1.165) is 0 Å². The fourth-order valence-corrected chi connectivity index (χ4v) is 4.50. The van der Waals surface area contributed by atoms with Crippen LogP contribution >= 0.6 is 0 Å². The molecule has 0 fully saturated rings. The van der Waals surface area contributed by atoms with Crippen molar-refractivity contribution < 1.29 is 0 Å². The van der Waals surface area contributed by atoms with Crippen LogP contribution in [-0.2, 0) is 27.1 Å². The van der Waals surface area contributed by atoms with Crippen molar-refractivity contribution in [3.05, 3.63) is 69.8 Å². The zero-order chi connectivity index (χ0) is 24.2. The van der Waals surface area contributed by atoms with Gasteiger partial charge in [0.15, 0.2) is 0 Å². The van der Waals surface area contributed by atoms with Crippen LogP contribution in [0.1, 0.15) is 130 Å². The van der Waals surface area contributed by atoms with Crippen molar-refractivity contribution in [3.63, 3.8) is 0 Å². The van der Waals surface area contributed by atoms with Gasteiger partial charge in [-0.05, 0) is 55.0 Å². The first-order valence-corrected chi connectivity index (χ1v) is 12.0. The topological polar surface area (TPSA) is 0 Å². The quantitative estimate of drug-likeness (QED) is 0.454. The second-order valence-electron chi connectivity index (χ2n) is 14.1. The van der Waals surface area contributed by atoms with Gasteiger partial charge in [-0.3, -0.25) is 0 Å². The van der Waals surface area contributed by atoms with Crippen molar-refractivity contribution in [1.82, 2.24) is 0 Å². The fourth-order valence-electron chi connectivity index (χ4n) is 4.50. The Kier molecular flexibility index (Phi) is 6.46. The summed E-state index contributed by atoms with van der Waals surface area (Å²) >= 11 is 0. The Labute approximate surface area is 193 Å². The predicted octanol–water partition coefficient (Wildman–Crippen LogP) is 9.20. The van der Waals surface area contributed by atoms with Crippen molar-refractivity contribution in [1.29, 1.82) is 0 Å². The molecule has 0 saturated heterocycles. The summed E-state index contributed by atoms with van der Waals surface area (Å²) in [7, 11) is 0. The molecule has 0 N–H and O–H groups in total. The van der Waals surface area contributed by atoms with E-state index in [1.807, 2.05) is 0 Å². The van der Waals surface area contributed by atoms with Gasteiger partial charge >= 0.3 is 0 Å². The van der Waals surface area contributed by atoms with E-state index >= 15 is 0 Å². The third-order valence-corrected chi connectivity index (χ3v) is 6.73. The Hall–Kier alpha value is -1.56. The number of hydrogen-bond donors (Lipinski definition) is 0. The summed E-state index contributed by atoms with van der Waals surface area (Å²) < 4.78 is 0. The Balaban J connectivity index is 2.84.